The molecule has 160 valence electrons. The van der Waals surface area contributed by atoms with E-state index in [4.69, 9.17) is 21.1 Å². The van der Waals surface area contributed by atoms with Gasteiger partial charge in [-0.25, -0.2) is 4.98 Å². The van der Waals surface area contributed by atoms with E-state index < -0.39 is 0 Å². The summed E-state index contributed by atoms with van der Waals surface area (Å²) in [6.07, 6.45) is 2.59. The number of halogens is 1. The van der Waals surface area contributed by atoms with Gasteiger partial charge >= 0.3 is 0 Å². The van der Waals surface area contributed by atoms with Gasteiger partial charge in [-0.3, -0.25) is 4.79 Å². The fourth-order valence-electron chi connectivity index (χ4n) is 4.52. The summed E-state index contributed by atoms with van der Waals surface area (Å²) in [5, 5.41) is 0.869. The maximum atomic E-state index is 12.1. The molecule has 3 aromatic rings. The average molecular weight is 456 g/mol. The summed E-state index contributed by atoms with van der Waals surface area (Å²) >= 11 is 7.63. The molecular weight excluding hydrogens is 434 g/mol. The SMILES string of the molecule is COc1ccc(Oc2ccc3c(c2)C2(CCN(C(C)=O)C2)CN3c2ncc(Cl)s2)cc1. The molecule has 1 spiro atoms. The standard InChI is InChI=1S/C23H22ClN3O3S/c1-15(28)26-10-9-23(13-26)14-27(22-25-12-21(24)31-22)20-8-7-18(11-19(20)23)30-17-5-3-16(29-2)4-6-17/h3-8,11-12H,9-10,13-14H2,1-2H3. The van der Waals surface area contributed by atoms with E-state index in [-0.39, 0.29) is 11.3 Å². The Morgan fingerprint density at radius 3 is 2.52 bits per heavy atom. The number of aromatic nitrogens is 1. The van der Waals surface area contributed by atoms with Crippen LogP contribution >= 0.6 is 22.9 Å². The molecule has 1 fully saturated rings. The van der Waals surface area contributed by atoms with E-state index in [1.165, 1.54) is 16.9 Å². The van der Waals surface area contributed by atoms with Crippen molar-refractivity contribution in [3.05, 3.63) is 58.6 Å². The van der Waals surface area contributed by atoms with Crippen LogP contribution in [0.1, 0.15) is 18.9 Å². The number of nitrogens with zero attached hydrogens (tertiary/aromatic N) is 3. The van der Waals surface area contributed by atoms with E-state index in [1.807, 2.05) is 35.2 Å². The van der Waals surface area contributed by atoms with Crippen molar-refractivity contribution >= 4 is 39.7 Å². The van der Waals surface area contributed by atoms with Gasteiger partial charge in [0.25, 0.3) is 0 Å². The number of hydrogen-bond donors (Lipinski definition) is 0. The quantitative estimate of drug-likeness (QED) is 0.538. The van der Waals surface area contributed by atoms with Gasteiger partial charge in [0.05, 0.1) is 13.3 Å². The molecule has 1 saturated heterocycles. The lowest BCUT2D eigenvalue weighted by Crippen LogP contribution is -2.36. The highest BCUT2D eigenvalue weighted by Gasteiger charge is 2.49. The molecular formula is C23H22ClN3O3S. The predicted octanol–water partition coefficient (Wildman–Crippen LogP) is 5.24. The van der Waals surface area contributed by atoms with E-state index >= 15 is 0 Å². The highest BCUT2D eigenvalue weighted by atomic mass is 35.5. The van der Waals surface area contributed by atoms with Crippen molar-refractivity contribution in [3.63, 3.8) is 0 Å². The molecule has 3 heterocycles. The first kappa shape index (κ1) is 20.2. The van der Waals surface area contributed by atoms with E-state index in [0.29, 0.717) is 10.9 Å². The van der Waals surface area contributed by atoms with Crippen LogP contribution in [-0.4, -0.2) is 42.5 Å². The Labute approximate surface area is 190 Å². The van der Waals surface area contributed by atoms with E-state index in [0.717, 1.165) is 47.6 Å². The molecule has 1 aromatic heterocycles. The van der Waals surface area contributed by atoms with Crippen LogP contribution in [0.5, 0.6) is 17.2 Å². The third kappa shape index (κ3) is 3.62. The first-order valence-electron chi connectivity index (χ1n) is 10.1. The zero-order valence-electron chi connectivity index (χ0n) is 17.3. The molecule has 2 aliphatic rings. The Kier molecular flexibility index (Phi) is 5.02. The second-order valence-electron chi connectivity index (χ2n) is 7.96. The first-order chi connectivity index (χ1) is 15.0. The van der Waals surface area contributed by atoms with Crippen molar-refractivity contribution in [1.82, 2.24) is 9.88 Å². The predicted molar refractivity (Wildman–Crippen MR) is 122 cm³/mol. The molecule has 1 atom stereocenters. The third-order valence-corrected chi connectivity index (χ3v) is 7.22. The van der Waals surface area contributed by atoms with Crippen LogP contribution in [0.4, 0.5) is 10.8 Å². The van der Waals surface area contributed by atoms with Crippen molar-refractivity contribution in [2.75, 3.05) is 31.6 Å². The smallest absolute Gasteiger partial charge is 0.219 e. The summed E-state index contributed by atoms with van der Waals surface area (Å²) in [6.45, 7) is 3.85. The molecule has 0 radical (unpaired) electrons. The maximum absolute atomic E-state index is 12.1. The average Bonchev–Trinajstić information content (AvgIpc) is 3.47. The van der Waals surface area contributed by atoms with Gasteiger partial charge in [-0.1, -0.05) is 22.9 Å². The molecule has 1 amide bonds. The van der Waals surface area contributed by atoms with Crippen LogP contribution < -0.4 is 14.4 Å². The van der Waals surface area contributed by atoms with Gasteiger partial charge in [-0.2, -0.15) is 0 Å². The number of rotatable bonds is 4. The number of benzene rings is 2. The lowest BCUT2D eigenvalue weighted by atomic mass is 9.81. The Morgan fingerprint density at radius 1 is 1.13 bits per heavy atom. The van der Waals surface area contributed by atoms with Crippen molar-refractivity contribution < 1.29 is 14.3 Å². The largest absolute Gasteiger partial charge is 0.497 e. The Hall–Kier alpha value is -2.77. The van der Waals surface area contributed by atoms with E-state index in [2.05, 4.69) is 22.0 Å². The van der Waals surface area contributed by atoms with Crippen LogP contribution in [-0.2, 0) is 10.2 Å². The van der Waals surface area contributed by atoms with Gasteiger partial charge < -0.3 is 19.3 Å². The minimum Gasteiger partial charge on any atom is -0.497 e. The van der Waals surface area contributed by atoms with Crippen LogP contribution in [0.3, 0.4) is 0 Å². The van der Waals surface area contributed by atoms with Crippen LogP contribution in [0.25, 0.3) is 0 Å². The Bertz CT molecular complexity index is 1130. The highest BCUT2D eigenvalue weighted by Crippen LogP contribution is 2.51. The van der Waals surface area contributed by atoms with Crippen LogP contribution in [0.2, 0.25) is 4.34 Å². The normalized spacial score (nSPS) is 19.7. The van der Waals surface area contributed by atoms with Gasteiger partial charge in [0.15, 0.2) is 5.13 Å². The third-order valence-electron chi connectivity index (χ3n) is 6.08. The highest BCUT2D eigenvalue weighted by molar-refractivity contribution is 7.19. The van der Waals surface area contributed by atoms with Crippen molar-refractivity contribution in [2.45, 2.75) is 18.8 Å². The summed E-state index contributed by atoms with van der Waals surface area (Å²) in [5.41, 5.74) is 2.13. The number of fused-ring (bicyclic) bond motifs is 2. The second-order valence-corrected chi connectivity index (χ2v) is 9.60. The van der Waals surface area contributed by atoms with Gasteiger partial charge in [-0.05, 0) is 54.4 Å². The molecule has 0 bridgehead atoms. The number of amides is 1. The Balaban J connectivity index is 1.51. The zero-order chi connectivity index (χ0) is 21.6. The van der Waals surface area contributed by atoms with Crippen LogP contribution in [0.15, 0.2) is 48.7 Å². The molecule has 8 heteroatoms. The molecule has 5 rings (SSSR count). The van der Waals surface area contributed by atoms with Gasteiger partial charge in [-0.15, -0.1) is 0 Å². The van der Waals surface area contributed by atoms with Crippen molar-refractivity contribution in [3.8, 4) is 17.2 Å². The first-order valence-corrected chi connectivity index (χ1v) is 11.3. The number of hydrogen-bond acceptors (Lipinski definition) is 6. The molecule has 0 aliphatic carbocycles. The number of likely N-dealkylation sites (tertiary alicyclic amines) is 1. The lowest BCUT2D eigenvalue weighted by molar-refractivity contribution is -0.127. The second kappa shape index (κ2) is 7.73. The van der Waals surface area contributed by atoms with E-state index in [9.17, 15) is 4.79 Å². The number of methoxy groups -OCH3 is 1. The van der Waals surface area contributed by atoms with Gasteiger partial charge in [0, 0.05) is 37.7 Å². The van der Waals surface area contributed by atoms with Gasteiger partial charge in [0.1, 0.15) is 21.6 Å². The topological polar surface area (TPSA) is 54.9 Å². The molecule has 6 nitrogen and oxygen atoms in total. The molecule has 1 unspecified atom stereocenters. The number of carbonyl (C=O) groups is 1. The van der Waals surface area contributed by atoms with E-state index in [1.54, 1.807) is 20.2 Å². The minimum absolute atomic E-state index is 0.111. The monoisotopic (exact) mass is 455 g/mol. The van der Waals surface area contributed by atoms with Gasteiger partial charge in [0.2, 0.25) is 5.91 Å². The molecule has 31 heavy (non-hydrogen) atoms. The fraction of sp³-hybridized carbons (Fsp3) is 0.304. The molecule has 2 aliphatic heterocycles. The fourth-order valence-corrected chi connectivity index (χ4v) is 5.44. The summed E-state index contributed by atoms with van der Waals surface area (Å²) in [5.74, 6) is 2.41. The molecule has 0 N–H and O–H groups in total. The Morgan fingerprint density at radius 2 is 1.87 bits per heavy atom. The van der Waals surface area contributed by atoms with Crippen LogP contribution in [0, 0.1) is 0 Å². The lowest BCUT2D eigenvalue weighted by Gasteiger charge is -2.25. The summed E-state index contributed by atoms with van der Waals surface area (Å²) in [7, 11) is 1.64. The summed E-state index contributed by atoms with van der Waals surface area (Å²) in [6, 6.07) is 13.7. The number of ether oxygens (including phenoxy) is 2. The van der Waals surface area contributed by atoms with Crippen molar-refractivity contribution in [2.24, 2.45) is 0 Å². The number of thiazole rings is 1. The summed E-state index contributed by atoms with van der Waals surface area (Å²) in [4.78, 5) is 20.7. The zero-order valence-corrected chi connectivity index (χ0v) is 18.9. The maximum Gasteiger partial charge on any atom is 0.219 e. The molecule has 2 aromatic carbocycles. The molecule has 0 saturated carbocycles. The minimum atomic E-state index is -0.154. The number of carbonyl (C=O) groups excluding carboxylic acids is 1. The summed E-state index contributed by atoms with van der Waals surface area (Å²) < 4.78 is 12.0. The van der Waals surface area contributed by atoms with Crippen molar-refractivity contribution in [1.29, 1.82) is 0 Å². The number of anilines is 2.